The molecule has 109 heavy (non-hydrogen) atoms. The van der Waals surface area contributed by atoms with Crippen LogP contribution in [-0.2, 0) is 48.5 Å². The second kappa shape index (κ2) is 51.0. The number of aliphatic imine (C=N–C) groups is 2. The van der Waals surface area contributed by atoms with E-state index in [9.17, 15) is 28.8 Å². The number of hydrogen-bond acceptors (Lipinski definition) is 20. The summed E-state index contributed by atoms with van der Waals surface area (Å²) < 4.78 is 15.1. The fourth-order valence-corrected chi connectivity index (χ4v) is 10.8. The molecule has 3 aromatic rings. The number of dihydropyridines is 1. The van der Waals surface area contributed by atoms with Gasteiger partial charge in [0.2, 0.25) is 11.5 Å². The van der Waals surface area contributed by atoms with Crippen molar-refractivity contribution in [3.63, 3.8) is 0 Å². The molecule has 0 unspecified atom stereocenters. The number of rotatable bonds is 0. The SMILES string of the molecule is C=C1C=C(C)C(=O)O1.C=C1C=C(C)C2=C(CCCC2)N1.C=C1C=CN=C(C)N1.C=C1C=NC=CN1C.C=C1CC=C(C)N1.C=C1NC=C(C)N1.CC1=CC(=O)O1.CC1=CCCS1.C[C@@H]1CC=CNC1.C[C@H]1C=CNC1=O.C[C@H]1CC=CO1.C[C@H]1CCc2[nH]c(=O)ccc2C1.Cc1cc(=O)cc[nH]1.Cn1nc[nH]c1=O. The highest BCUT2D eigenvalue weighted by molar-refractivity contribution is 8.03. The number of H-pyrrole nitrogens is 3. The monoisotopic (exact) mass is 1510 g/mol. The van der Waals surface area contributed by atoms with Gasteiger partial charge in [-0.25, -0.2) is 24.1 Å². The largest absolute Gasteiger partial charge is 0.498 e. The van der Waals surface area contributed by atoms with Crippen LogP contribution < -0.4 is 53.9 Å². The Labute approximate surface area is 649 Å². The maximum Gasteiger partial charge on any atom is 0.342 e. The normalized spacial score (nSPS) is 20.1. The third kappa shape index (κ3) is 41.4. The van der Waals surface area contributed by atoms with Crippen molar-refractivity contribution in [1.29, 1.82) is 0 Å². The van der Waals surface area contributed by atoms with Gasteiger partial charge in [0.15, 0.2) is 5.43 Å². The van der Waals surface area contributed by atoms with Gasteiger partial charge < -0.3 is 66.3 Å². The van der Waals surface area contributed by atoms with Crippen LogP contribution in [0.25, 0.3) is 0 Å². The number of ether oxygens (including phenoxy) is 3. The van der Waals surface area contributed by atoms with Gasteiger partial charge in [-0.05, 0) is 184 Å². The minimum atomic E-state index is -0.282. The van der Waals surface area contributed by atoms with E-state index >= 15 is 0 Å². The molecular weight excluding hydrogens is 1400 g/mol. The first-order valence-electron chi connectivity index (χ1n) is 36.3. The number of aromatic nitrogens is 5. The summed E-state index contributed by atoms with van der Waals surface area (Å²) in [5.74, 6) is 5.49. The lowest BCUT2D eigenvalue weighted by Gasteiger charge is -2.26. The number of aryl methyl sites for hydroxylation is 3. The Hall–Kier alpha value is -11.3. The molecule has 24 nitrogen and oxygen atoms in total. The fourth-order valence-electron chi connectivity index (χ4n) is 10.0. The molecule has 0 saturated carbocycles. The lowest BCUT2D eigenvalue weighted by atomic mass is 9.88. The Morgan fingerprint density at radius 2 is 1.46 bits per heavy atom. The Morgan fingerprint density at radius 1 is 0.716 bits per heavy atom. The predicted molar refractivity (Wildman–Crippen MR) is 446 cm³/mol. The van der Waals surface area contributed by atoms with Gasteiger partial charge in [0, 0.05) is 152 Å². The first kappa shape index (κ1) is 91.9. The van der Waals surface area contributed by atoms with Gasteiger partial charge in [-0.2, -0.15) is 5.10 Å². The molecule has 10 N–H and O–H groups in total. The van der Waals surface area contributed by atoms with E-state index in [-0.39, 0.29) is 40.4 Å². The summed E-state index contributed by atoms with van der Waals surface area (Å²) in [5, 5.41) is 24.5. The number of cyclic esters (lactones) is 2. The van der Waals surface area contributed by atoms with E-state index in [2.05, 4.69) is 175 Å². The number of fused-ring (bicyclic) bond motifs is 1. The summed E-state index contributed by atoms with van der Waals surface area (Å²) in [6.45, 7) is 47.3. The molecule has 13 aliphatic rings. The van der Waals surface area contributed by atoms with Gasteiger partial charge >= 0.3 is 17.6 Å². The number of nitrogens with one attached hydrogen (secondary N) is 10. The summed E-state index contributed by atoms with van der Waals surface area (Å²) in [6, 6.07) is 6.63. The minimum absolute atomic E-state index is 0.0308. The van der Waals surface area contributed by atoms with E-state index in [4.69, 9.17) is 4.74 Å². The number of aromatic amines is 3. The van der Waals surface area contributed by atoms with E-state index in [0.717, 1.165) is 95.6 Å². The molecule has 2 aliphatic carbocycles. The highest BCUT2D eigenvalue weighted by Crippen LogP contribution is 2.32. The standard InChI is InChI=1S/C11H15N.C10H13NO.2C6H8N2.C6H7NO.C6H9N.C6H11N.C6H6O2.C5H8N2.C5H7NO.C5H8O.C5H8S.C4H4O2.C3H5N3O/c1-8-7-9(2)12-11-6-4-3-5-10(8)11;1-7-2-4-9-8(6-7)3-5-10(12)11-9;1-6-5-7-3-4-8(6)2;1-5-3-4-7-6(2)8-5;1-5-4-6(8)2-3-7-5;1-5-3-4-6(2)7-5;1-6-3-2-4-7-5-6;1-4-3-5(2)8-6(4)7;1-4-3-6-5(2)7-4;1-4-2-3-6-5(4)7;2*1-5-3-2-4-6-5;1-3-2-4(5)6-3;1-6-3(7)4-2-5-6/h7,12H,2-6H2,1H3;3,5,7H,2,4,6H2,1H3,(H,11,12);3-5H,1H2,2H3;3-4H,1H2,2H3,(H,7,8);2-4H,1H3,(H,7,8);4,7H,1,3H2,2H3;2,4,6-7H,3,5H2,1H3;3H,2H2,1H3;3,6-7H,2H2,1H3;2-4H,1H3,(H,6,7);2,4-5H,3H2,1H3;3H,2,4H2,1H3;2H,1H3;2H,1H3,(H,4,5,7)/t;7-;;;;;6-;;;4-;5-;;;/m.0....1..00.../s1. The van der Waals surface area contributed by atoms with Gasteiger partial charge in [-0.3, -0.25) is 24.4 Å². The van der Waals surface area contributed by atoms with E-state index < -0.39 is 0 Å². The minimum Gasteiger partial charge on any atom is -0.498 e. The summed E-state index contributed by atoms with van der Waals surface area (Å²) in [5.41, 5.74) is 14.6. The van der Waals surface area contributed by atoms with E-state index in [1.165, 1.54) is 107 Å². The van der Waals surface area contributed by atoms with Crippen LogP contribution in [0.3, 0.4) is 0 Å². The molecule has 14 heterocycles. The summed E-state index contributed by atoms with van der Waals surface area (Å²) in [6.07, 6.45) is 48.4. The molecule has 16 rings (SSSR count). The third-order valence-electron chi connectivity index (χ3n) is 16.1. The number of esters is 2. The van der Waals surface area contributed by atoms with Crippen molar-refractivity contribution in [2.75, 3.05) is 19.3 Å². The molecule has 4 atom stereocenters. The number of thioether (sulfide) groups is 1. The number of amidine groups is 1. The molecule has 0 bridgehead atoms. The smallest absolute Gasteiger partial charge is 0.342 e. The number of nitrogens with zero attached hydrogens (tertiary/aromatic N) is 5. The summed E-state index contributed by atoms with van der Waals surface area (Å²) >= 11 is 1.96. The van der Waals surface area contributed by atoms with E-state index in [1.54, 1.807) is 76.4 Å². The number of pyridine rings is 2. The van der Waals surface area contributed by atoms with Crippen molar-refractivity contribution in [3.8, 4) is 0 Å². The Morgan fingerprint density at radius 3 is 1.81 bits per heavy atom. The number of amides is 1. The molecule has 0 saturated heterocycles. The van der Waals surface area contributed by atoms with Crippen LogP contribution in [0.2, 0.25) is 0 Å². The molecule has 0 radical (unpaired) electrons. The van der Waals surface area contributed by atoms with Crippen LogP contribution in [-0.4, -0.2) is 85.0 Å². The number of carbonyl (C=O) groups is 3. The van der Waals surface area contributed by atoms with E-state index in [0.29, 0.717) is 23.2 Å². The zero-order chi connectivity index (χ0) is 80.8. The lowest BCUT2D eigenvalue weighted by molar-refractivity contribution is -0.138. The Kier molecular flexibility index (Phi) is 43.0. The van der Waals surface area contributed by atoms with Crippen molar-refractivity contribution in [3.05, 3.63) is 301 Å². The average molecular weight is 1510 g/mol. The van der Waals surface area contributed by atoms with Gasteiger partial charge in [-0.1, -0.05) is 90.6 Å². The van der Waals surface area contributed by atoms with Crippen LogP contribution in [0, 0.1) is 24.7 Å². The fraction of sp³-hybridized carbons (Fsp3) is 0.369. The quantitative estimate of drug-likeness (QED) is 0.0935. The Bertz CT molecular complexity index is 4210. The van der Waals surface area contributed by atoms with Crippen molar-refractivity contribution >= 4 is 41.7 Å². The zero-order valence-corrected chi connectivity index (χ0v) is 67.2. The predicted octanol–water partition coefficient (Wildman–Crippen LogP) is 14.3. The van der Waals surface area contributed by atoms with Crippen LogP contribution in [0.15, 0.2) is 278 Å². The molecule has 25 heteroatoms. The molecule has 1 amide bonds. The van der Waals surface area contributed by atoms with Gasteiger partial charge in [-0.15, -0.1) is 11.8 Å². The molecule has 0 fully saturated rings. The highest BCUT2D eigenvalue weighted by atomic mass is 32.2. The zero-order valence-electron chi connectivity index (χ0n) is 66.3. The molecule has 11 aliphatic heterocycles. The highest BCUT2D eigenvalue weighted by Gasteiger charge is 2.19. The first-order chi connectivity index (χ1) is 51.8. The molecule has 0 spiro atoms. The molecule has 3 aromatic heterocycles. The second-order valence-corrected chi connectivity index (χ2v) is 28.0. The van der Waals surface area contributed by atoms with Crippen LogP contribution in [0.1, 0.15) is 151 Å². The van der Waals surface area contributed by atoms with Crippen LogP contribution in [0.4, 0.5) is 0 Å². The number of hydrogen-bond donors (Lipinski definition) is 10. The van der Waals surface area contributed by atoms with Gasteiger partial charge in [0.1, 0.15) is 23.7 Å². The maximum absolute atomic E-state index is 11.0. The molecule has 0 aromatic carbocycles. The maximum atomic E-state index is 11.0. The lowest BCUT2D eigenvalue weighted by Crippen LogP contribution is -2.20. The summed E-state index contributed by atoms with van der Waals surface area (Å²) in [4.78, 5) is 81.7. The van der Waals surface area contributed by atoms with Crippen molar-refractivity contribution in [2.24, 2.45) is 34.8 Å². The van der Waals surface area contributed by atoms with E-state index in [1.807, 2.05) is 101 Å². The summed E-state index contributed by atoms with van der Waals surface area (Å²) in [7, 11) is 3.52. The van der Waals surface area contributed by atoms with Crippen LogP contribution in [0.5, 0.6) is 0 Å². The first-order valence-corrected chi connectivity index (χ1v) is 37.3. The third-order valence-corrected chi connectivity index (χ3v) is 17.2. The number of carbonyl (C=O) groups excluding carboxylic acids is 3. The van der Waals surface area contributed by atoms with Crippen molar-refractivity contribution in [1.82, 2.24) is 66.8 Å². The topological polar surface area (TPSA) is 307 Å². The average Bonchev–Trinajstić information content (AvgIpc) is 1.81. The Balaban J connectivity index is 0.000000306. The number of allylic oxidation sites excluding steroid dienone is 14. The van der Waals surface area contributed by atoms with Crippen molar-refractivity contribution in [2.45, 2.75) is 160 Å². The molecule has 588 valence electrons. The van der Waals surface area contributed by atoms with Crippen molar-refractivity contribution < 1.29 is 28.6 Å². The van der Waals surface area contributed by atoms with Gasteiger partial charge in [0.05, 0.1) is 35.9 Å². The van der Waals surface area contributed by atoms with Crippen LogP contribution >= 0.6 is 11.8 Å². The second-order valence-electron chi connectivity index (χ2n) is 26.7. The molecular formula is C84H117N15O9S. The van der Waals surface area contributed by atoms with Gasteiger partial charge in [0.25, 0.3) is 0 Å².